The maximum absolute atomic E-state index is 12.9. The van der Waals surface area contributed by atoms with Crippen LogP contribution in [0.4, 0.5) is 5.95 Å². The molecule has 1 amide bonds. The predicted octanol–water partition coefficient (Wildman–Crippen LogP) is 4.14. The molecule has 7 heteroatoms. The number of nitrogens with zero attached hydrogens (tertiary/aromatic N) is 3. The van der Waals surface area contributed by atoms with E-state index in [2.05, 4.69) is 16.4 Å². The van der Waals surface area contributed by atoms with Gasteiger partial charge in [0.2, 0.25) is 5.95 Å². The van der Waals surface area contributed by atoms with Crippen molar-refractivity contribution < 1.29 is 9.53 Å². The first-order valence-corrected chi connectivity index (χ1v) is 8.87. The molecule has 0 spiro atoms. The van der Waals surface area contributed by atoms with Crippen molar-refractivity contribution in [1.29, 1.82) is 5.26 Å². The molecule has 1 N–H and O–H groups in total. The summed E-state index contributed by atoms with van der Waals surface area (Å²) in [6.07, 6.45) is -0.775. The van der Waals surface area contributed by atoms with E-state index in [1.54, 1.807) is 41.0 Å². The number of carbonyl (C=O) groups is 1. The van der Waals surface area contributed by atoms with Gasteiger partial charge in [0.25, 0.3) is 5.91 Å². The van der Waals surface area contributed by atoms with Crippen LogP contribution in [0.3, 0.4) is 0 Å². The molecule has 138 valence electrons. The van der Waals surface area contributed by atoms with Crippen LogP contribution in [0.2, 0.25) is 5.02 Å². The summed E-state index contributed by atoms with van der Waals surface area (Å²) in [4.78, 5) is 17.3. The molecule has 0 saturated carbocycles. The van der Waals surface area contributed by atoms with E-state index in [0.29, 0.717) is 27.8 Å². The molecule has 0 aliphatic heterocycles. The number of aromatic nitrogens is 2. The van der Waals surface area contributed by atoms with Gasteiger partial charge in [-0.1, -0.05) is 37.6 Å². The number of hydrogen-bond acceptors (Lipinski definition) is 4. The van der Waals surface area contributed by atoms with E-state index in [1.807, 2.05) is 27.0 Å². The summed E-state index contributed by atoms with van der Waals surface area (Å²) in [5, 5.41) is 12.6. The molecule has 6 nitrogen and oxygen atoms in total. The number of benzene rings is 2. The van der Waals surface area contributed by atoms with Gasteiger partial charge in [-0.2, -0.15) is 5.26 Å². The Morgan fingerprint density at radius 3 is 2.74 bits per heavy atom. The van der Waals surface area contributed by atoms with Gasteiger partial charge in [-0.3, -0.25) is 10.1 Å². The van der Waals surface area contributed by atoms with Gasteiger partial charge >= 0.3 is 0 Å². The van der Waals surface area contributed by atoms with E-state index in [-0.39, 0.29) is 11.8 Å². The minimum atomic E-state index is -0.775. The first kappa shape index (κ1) is 18.7. The Morgan fingerprint density at radius 1 is 1.30 bits per heavy atom. The van der Waals surface area contributed by atoms with E-state index in [1.165, 1.54) is 0 Å². The molecule has 2 aromatic carbocycles. The van der Waals surface area contributed by atoms with Gasteiger partial charge in [0, 0.05) is 12.1 Å². The Kier molecular flexibility index (Phi) is 5.33. The number of aryl methyl sites for hydroxylation is 1. The number of anilines is 1. The number of imidazole rings is 1. The fourth-order valence-electron chi connectivity index (χ4n) is 2.76. The van der Waals surface area contributed by atoms with Crippen molar-refractivity contribution in [3.63, 3.8) is 0 Å². The lowest BCUT2D eigenvalue weighted by atomic mass is 10.1. The van der Waals surface area contributed by atoms with Crippen molar-refractivity contribution in [2.24, 2.45) is 13.0 Å². The highest BCUT2D eigenvalue weighted by Crippen LogP contribution is 2.24. The molecular weight excluding hydrogens is 364 g/mol. The summed E-state index contributed by atoms with van der Waals surface area (Å²) in [7, 11) is 1.81. The molecule has 27 heavy (non-hydrogen) atoms. The second kappa shape index (κ2) is 7.68. The standard InChI is InChI=1S/C20H19ClN4O2/c1-12(2)18(27-17-7-5-4-6-13(17)11-22)19(26)24-20-23-15-10-14(21)8-9-16(15)25(20)3/h4-10,12,18H,1-3H3,(H,23,24,26). The molecule has 0 bridgehead atoms. The average Bonchev–Trinajstić information content (AvgIpc) is 2.94. The molecule has 0 fully saturated rings. The number of halogens is 1. The van der Waals surface area contributed by atoms with E-state index in [4.69, 9.17) is 16.3 Å². The van der Waals surface area contributed by atoms with Crippen LogP contribution >= 0.6 is 11.6 Å². The predicted molar refractivity (Wildman–Crippen MR) is 105 cm³/mol. The summed E-state index contributed by atoms with van der Waals surface area (Å²) in [6.45, 7) is 3.77. The van der Waals surface area contributed by atoms with E-state index < -0.39 is 6.10 Å². The lowest BCUT2D eigenvalue weighted by Gasteiger charge is -2.22. The van der Waals surface area contributed by atoms with Gasteiger partial charge in [-0.25, -0.2) is 4.98 Å². The highest BCUT2D eigenvalue weighted by molar-refractivity contribution is 6.31. The molecule has 0 aliphatic carbocycles. The summed E-state index contributed by atoms with van der Waals surface area (Å²) in [5.74, 6) is 0.342. The van der Waals surface area contributed by atoms with Crippen LogP contribution in [0.5, 0.6) is 5.75 Å². The van der Waals surface area contributed by atoms with Crippen LogP contribution in [0, 0.1) is 17.2 Å². The highest BCUT2D eigenvalue weighted by Gasteiger charge is 2.26. The van der Waals surface area contributed by atoms with Gasteiger partial charge < -0.3 is 9.30 Å². The topological polar surface area (TPSA) is 79.9 Å². The fourth-order valence-corrected chi connectivity index (χ4v) is 2.92. The zero-order chi connectivity index (χ0) is 19.6. The van der Waals surface area contributed by atoms with Gasteiger partial charge in [0.05, 0.1) is 16.6 Å². The quantitative estimate of drug-likeness (QED) is 0.719. The van der Waals surface area contributed by atoms with Crippen LogP contribution in [0.15, 0.2) is 42.5 Å². The van der Waals surface area contributed by atoms with Crippen molar-refractivity contribution in [3.05, 3.63) is 53.1 Å². The molecule has 1 unspecified atom stereocenters. The number of carbonyl (C=O) groups excluding carboxylic acids is 1. The normalized spacial score (nSPS) is 12.0. The monoisotopic (exact) mass is 382 g/mol. The fraction of sp³-hybridized carbons (Fsp3) is 0.250. The number of fused-ring (bicyclic) bond motifs is 1. The lowest BCUT2D eigenvalue weighted by molar-refractivity contribution is -0.124. The largest absolute Gasteiger partial charge is 0.479 e. The molecule has 1 atom stereocenters. The number of ether oxygens (including phenoxy) is 1. The first-order chi connectivity index (χ1) is 12.9. The minimum absolute atomic E-state index is 0.110. The van der Waals surface area contributed by atoms with Crippen molar-refractivity contribution in [2.45, 2.75) is 20.0 Å². The van der Waals surface area contributed by atoms with Crippen LogP contribution in [-0.4, -0.2) is 21.6 Å². The van der Waals surface area contributed by atoms with Gasteiger partial charge in [0.1, 0.15) is 11.8 Å². The number of rotatable bonds is 5. The molecule has 0 radical (unpaired) electrons. The maximum atomic E-state index is 12.9. The zero-order valence-electron chi connectivity index (χ0n) is 15.2. The van der Waals surface area contributed by atoms with Crippen LogP contribution in [0.25, 0.3) is 11.0 Å². The Balaban J connectivity index is 1.86. The molecule has 3 aromatic rings. The van der Waals surface area contributed by atoms with Crippen molar-refractivity contribution in [2.75, 3.05) is 5.32 Å². The van der Waals surface area contributed by atoms with Crippen molar-refractivity contribution >= 4 is 34.5 Å². The van der Waals surface area contributed by atoms with Gasteiger partial charge in [-0.15, -0.1) is 0 Å². The Bertz CT molecular complexity index is 1040. The number of amides is 1. The Morgan fingerprint density at radius 2 is 2.04 bits per heavy atom. The maximum Gasteiger partial charge on any atom is 0.268 e. The number of nitriles is 1. The smallest absolute Gasteiger partial charge is 0.268 e. The van der Waals surface area contributed by atoms with Gasteiger partial charge in [-0.05, 0) is 36.2 Å². The van der Waals surface area contributed by atoms with Gasteiger partial charge in [0.15, 0.2) is 6.10 Å². The lowest BCUT2D eigenvalue weighted by Crippen LogP contribution is -2.38. The van der Waals surface area contributed by atoms with E-state index in [9.17, 15) is 10.1 Å². The summed E-state index contributed by atoms with van der Waals surface area (Å²) >= 11 is 6.01. The summed E-state index contributed by atoms with van der Waals surface area (Å²) in [6, 6.07) is 14.3. The average molecular weight is 383 g/mol. The summed E-state index contributed by atoms with van der Waals surface area (Å²) in [5.41, 5.74) is 1.93. The second-order valence-corrected chi connectivity index (χ2v) is 6.94. The minimum Gasteiger partial charge on any atom is -0.479 e. The molecule has 1 aromatic heterocycles. The van der Waals surface area contributed by atoms with E-state index >= 15 is 0 Å². The number of hydrogen-bond donors (Lipinski definition) is 1. The SMILES string of the molecule is CC(C)C(Oc1ccccc1C#N)C(=O)Nc1nc2cc(Cl)ccc2n1C. The summed E-state index contributed by atoms with van der Waals surface area (Å²) < 4.78 is 7.65. The number of para-hydroxylation sites is 1. The van der Waals surface area contributed by atoms with Crippen LogP contribution in [0.1, 0.15) is 19.4 Å². The molecule has 0 aliphatic rings. The van der Waals surface area contributed by atoms with E-state index in [0.717, 1.165) is 5.52 Å². The second-order valence-electron chi connectivity index (χ2n) is 6.51. The Hall–Kier alpha value is -3.04. The van der Waals surface area contributed by atoms with Crippen molar-refractivity contribution in [3.8, 4) is 11.8 Å². The van der Waals surface area contributed by atoms with Crippen molar-refractivity contribution in [1.82, 2.24) is 9.55 Å². The molecule has 0 saturated heterocycles. The first-order valence-electron chi connectivity index (χ1n) is 8.49. The van der Waals surface area contributed by atoms with Crippen LogP contribution < -0.4 is 10.1 Å². The molecular formula is C20H19ClN4O2. The third-order valence-electron chi connectivity index (χ3n) is 4.20. The number of nitrogens with one attached hydrogen (secondary N) is 1. The highest BCUT2D eigenvalue weighted by atomic mass is 35.5. The molecule has 3 rings (SSSR count). The third kappa shape index (κ3) is 3.88. The van der Waals surface area contributed by atoms with Crippen LogP contribution in [-0.2, 0) is 11.8 Å². The Labute approximate surface area is 162 Å². The zero-order valence-corrected chi connectivity index (χ0v) is 16.0. The third-order valence-corrected chi connectivity index (χ3v) is 4.44. The molecule has 1 heterocycles.